The fourth-order valence-electron chi connectivity index (χ4n) is 2.09. The molecule has 0 aromatic rings. The van der Waals surface area contributed by atoms with Crippen LogP contribution in [0.25, 0.3) is 0 Å². The highest BCUT2D eigenvalue weighted by molar-refractivity contribution is 14.0. The predicted octanol–water partition coefficient (Wildman–Crippen LogP) is 2.24. The van der Waals surface area contributed by atoms with E-state index in [2.05, 4.69) is 15.6 Å². The molecule has 0 aliphatic heterocycles. The van der Waals surface area contributed by atoms with Crippen molar-refractivity contribution in [3.8, 4) is 0 Å². The van der Waals surface area contributed by atoms with Crippen molar-refractivity contribution in [2.24, 2.45) is 4.99 Å². The summed E-state index contributed by atoms with van der Waals surface area (Å²) in [4.78, 5) is 18.0. The lowest BCUT2D eigenvalue weighted by molar-refractivity contribution is 0.0253. The average molecular weight is 520 g/mol. The van der Waals surface area contributed by atoms with Gasteiger partial charge in [-0.2, -0.15) is 0 Å². The number of amides is 1. The van der Waals surface area contributed by atoms with E-state index < -0.39 is 15.4 Å². The van der Waals surface area contributed by atoms with Crippen molar-refractivity contribution >= 4 is 45.9 Å². The van der Waals surface area contributed by atoms with Crippen LogP contribution in [0, 0.1) is 0 Å². The molecular formula is C17H37IN4O4S. The molecule has 1 atom stereocenters. The summed E-state index contributed by atoms with van der Waals surface area (Å²) in [5.41, 5.74) is -0.525. The van der Waals surface area contributed by atoms with E-state index in [0.717, 1.165) is 6.42 Å². The number of halogens is 1. The average Bonchev–Trinajstić information content (AvgIpc) is 2.48. The van der Waals surface area contributed by atoms with Crippen molar-refractivity contribution in [3.63, 3.8) is 0 Å². The second-order valence-electron chi connectivity index (χ2n) is 7.43. The van der Waals surface area contributed by atoms with Crippen LogP contribution in [0.3, 0.4) is 0 Å². The van der Waals surface area contributed by atoms with Crippen LogP contribution in [0.5, 0.6) is 0 Å². The standard InChI is InChI=1S/C17H36N4O4S.HI/c1-8-11-21(16(22)25-17(3,4)5)12-10-19-15(18-6)20-14(2)9-13-26(7,23)24;/h14H,8-13H2,1-7H3,(H2,18,19,20);1H. The molecule has 10 heteroatoms. The molecule has 0 aromatic heterocycles. The molecule has 0 aromatic carbocycles. The van der Waals surface area contributed by atoms with Gasteiger partial charge in [0, 0.05) is 39.0 Å². The van der Waals surface area contributed by atoms with Gasteiger partial charge < -0.3 is 20.3 Å². The highest BCUT2D eigenvalue weighted by atomic mass is 127. The van der Waals surface area contributed by atoms with Crippen molar-refractivity contribution in [1.82, 2.24) is 15.5 Å². The largest absolute Gasteiger partial charge is 0.444 e. The van der Waals surface area contributed by atoms with Crippen molar-refractivity contribution < 1.29 is 17.9 Å². The Morgan fingerprint density at radius 3 is 2.30 bits per heavy atom. The van der Waals surface area contributed by atoms with Gasteiger partial charge in [-0.25, -0.2) is 13.2 Å². The van der Waals surface area contributed by atoms with Gasteiger partial charge in [0.1, 0.15) is 15.4 Å². The number of aliphatic imine (C=N–C) groups is 1. The van der Waals surface area contributed by atoms with Crippen LogP contribution in [-0.2, 0) is 14.6 Å². The molecule has 2 N–H and O–H groups in total. The van der Waals surface area contributed by atoms with E-state index in [-0.39, 0.29) is 41.9 Å². The topological polar surface area (TPSA) is 100 Å². The summed E-state index contributed by atoms with van der Waals surface area (Å²) in [7, 11) is -1.33. The van der Waals surface area contributed by atoms with E-state index in [4.69, 9.17) is 4.74 Å². The number of guanidine groups is 1. The third-order valence-corrected chi connectivity index (χ3v) is 4.33. The molecule has 0 saturated heterocycles. The number of nitrogens with one attached hydrogen (secondary N) is 2. The van der Waals surface area contributed by atoms with Gasteiger partial charge in [-0.3, -0.25) is 4.99 Å². The lowest BCUT2D eigenvalue weighted by atomic mass is 10.2. The number of nitrogens with zero attached hydrogens (tertiary/aromatic N) is 2. The molecular weight excluding hydrogens is 483 g/mol. The SMILES string of the molecule is CCCN(CCNC(=NC)NC(C)CCS(C)(=O)=O)C(=O)OC(C)(C)C.I. The molecule has 0 spiro atoms. The summed E-state index contributed by atoms with van der Waals surface area (Å²) in [6, 6.07) is -0.0338. The van der Waals surface area contributed by atoms with Crippen LogP contribution >= 0.6 is 24.0 Å². The van der Waals surface area contributed by atoms with E-state index in [9.17, 15) is 13.2 Å². The monoisotopic (exact) mass is 520 g/mol. The lowest BCUT2D eigenvalue weighted by Gasteiger charge is -2.27. The fraction of sp³-hybridized carbons (Fsp3) is 0.882. The Labute approximate surface area is 181 Å². The number of carbonyl (C=O) groups is 1. The molecule has 0 fully saturated rings. The highest BCUT2D eigenvalue weighted by Gasteiger charge is 2.21. The number of sulfone groups is 1. The van der Waals surface area contributed by atoms with Gasteiger partial charge in [0.2, 0.25) is 0 Å². The molecule has 0 heterocycles. The summed E-state index contributed by atoms with van der Waals surface area (Å²) in [6.07, 6.45) is 2.24. The third-order valence-electron chi connectivity index (χ3n) is 3.35. The third kappa shape index (κ3) is 15.9. The molecule has 27 heavy (non-hydrogen) atoms. The Morgan fingerprint density at radius 1 is 1.26 bits per heavy atom. The van der Waals surface area contributed by atoms with Crippen molar-refractivity contribution in [1.29, 1.82) is 0 Å². The van der Waals surface area contributed by atoms with Crippen molar-refractivity contribution in [2.45, 2.75) is 59.1 Å². The maximum atomic E-state index is 12.2. The number of hydrogen-bond donors (Lipinski definition) is 2. The predicted molar refractivity (Wildman–Crippen MR) is 122 cm³/mol. The quantitative estimate of drug-likeness (QED) is 0.275. The smallest absolute Gasteiger partial charge is 0.410 e. The summed E-state index contributed by atoms with van der Waals surface area (Å²) < 4.78 is 27.9. The number of rotatable bonds is 9. The zero-order valence-corrected chi connectivity index (χ0v) is 20.8. The normalized spacial score (nSPS) is 13.4. The van der Waals surface area contributed by atoms with Gasteiger partial charge >= 0.3 is 6.09 Å². The summed E-state index contributed by atoms with van der Waals surface area (Å²) >= 11 is 0. The molecule has 0 aliphatic rings. The first-order chi connectivity index (χ1) is 11.9. The van der Waals surface area contributed by atoms with Gasteiger partial charge in [0.15, 0.2) is 5.96 Å². The van der Waals surface area contributed by atoms with Gasteiger partial charge in [0.05, 0.1) is 5.75 Å². The van der Waals surface area contributed by atoms with E-state index in [1.807, 2.05) is 34.6 Å². The Bertz CT molecular complexity index is 562. The number of ether oxygens (including phenoxy) is 1. The molecule has 8 nitrogen and oxygen atoms in total. The maximum absolute atomic E-state index is 12.2. The highest BCUT2D eigenvalue weighted by Crippen LogP contribution is 2.10. The fourth-order valence-corrected chi connectivity index (χ4v) is 2.87. The molecule has 1 amide bonds. The van der Waals surface area contributed by atoms with Crippen LogP contribution in [-0.4, -0.2) is 75.7 Å². The van der Waals surface area contributed by atoms with E-state index >= 15 is 0 Å². The number of hydrogen-bond acceptors (Lipinski definition) is 5. The van der Waals surface area contributed by atoms with Crippen LogP contribution in [0.4, 0.5) is 4.79 Å². The van der Waals surface area contributed by atoms with Gasteiger partial charge in [-0.05, 0) is 40.5 Å². The molecule has 0 aliphatic carbocycles. The summed E-state index contributed by atoms with van der Waals surface area (Å²) in [5.74, 6) is 0.702. The van der Waals surface area contributed by atoms with Crippen LogP contribution in [0.15, 0.2) is 4.99 Å². The Hall–Kier alpha value is -0.780. The minimum Gasteiger partial charge on any atom is -0.444 e. The molecule has 0 bridgehead atoms. The molecule has 162 valence electrons. The minimum absolute atomic E-state index is 0. The molecule has 0 radical (unpaired) electrons. The van der Waals surface area contributed by atoms with Gasteiger partial charge in [-0.1, -0.05) is 6.92 Å². The zero-order chi connectivity index (χ0) is 20.4. The van der Waals surface area contributed by atoms with Crippen LogP contribution < -0.4 is 10.6 Å². The summed E-state index contributed by atoms with van der Waals surface area (Å²) in [6.45, 7) is 11.1. The second-order valence-corrected chi connectivity index (χ2v) is 9.69. The van der Waals surface area contributed by atoms with E-state index in [1.165, 1.54) is 6.26 Å². The first-order valence-corrected chi connectivity index (χ1v) is 11.1. The number of carbonyl (C=O) groups excluding carboxylic acids is 1. The van der Waals surface area contributed by atoms with Crippen molar-refractivity contribution in [3.05, 3.63) is 0 Å². The van der Waals surface area contributed by atoms with Crippen LogP contribution in [0.2, 0.25) is 0 Å². The van der Waals surface area contributed by atoms with E-state index in [0.29, 0.717) is 32.0 Å². The van der Waals surface area contributed by atoms with Crippen molar-refractivity contribution in [2.75, 3.05) is 38.7 Å². The lowest BCUT2D eigenvalue weighted by Crippen LogP contribution is -2.46. The van der Waals surface area contributed by atoms with E-state index in [1.54, 1.807) is 11.9 Å². The van der Waals surface area contributed by atoms with Gasteiger partial charge in [-0.15, -0.1) is 24.0 Å². The van der Waals surface area contributed by atoms with Crippen LogP contribution in [0.1, 0.15) is 47.5 Å². The Kier molecular flexibility index (Phi) is 14.1. The first-order valence-electron chi connectivity index (χ1n) is 9.00. The Balaban J connectivity index is 0. The molecule has 1 unspecified atom stereocenters. The molecule has 0 rings (SSSR count). The van der Waals surface area contributed by atoms with Gasteiger partial charge in [0.25, 0.3) is 0 Å². The Morgan fingerprint density at radius 2 is 1.85 bits per heavy atom. The summed E-state index contributed by atoms with van der Waals surface area (Å²) in [5, 5.41) is 6.30. The first kappa shape index (κ1) is 28.4. The zero-order valence-electron chi connectivity index (χ0n) is 17.7. The molecule has 0 saturated carbocycles. The minimum atomic E-state index is -2.98. The maximum Gasteiger partial charge on any atom is 0.410 e. The second kappa shape index (κ2) is 13.4.